The number of nitrogens with zero attached hydrogens (tertiary/aromatic N) is 2. The molecule has 0 aromatic heterocycles. The number of amides is 2. The first kappa shape index (κ1) is 14.7. The van der Waals surface area contributed by atoms with Crippen molar-refractivity contribution in [3.8, 4) is 0 Å². The lowest BCUT2D eigenvalue weighted by atomic mass is 9.94. The normalized spacial score (nSPS) is 32.4. The van der Waals surface area contributed by atoms with Crippen LogP contribution in [0.4, 0.5) is 4.79 Å². The molecule has 5 nitrogen and oxygen atoms in total. The molecule has 1 N–H and O–H groups in total. The number of fused-ring (bicyclic) bond motifs is 1. The van der Waals surface area contributed by atoms with Gasteiger partial charge in [0.2, 0.25) is 0 Å². The Morgan fingerprint density at radius 1 is 1.14 bits per heavy atom. The SMILES string of the molecule is CN(CC1CCCC1)C(=O)N1CC2CCCC2C1C(=O)O. The van der Waals surface area contributed by atoms with Crippen molar-refractivity contribution in [2.24, 2.45) is 17.8 Å². The van der Waals surface area contributed by atoms with Gasteiger partial charge in [0.15, 0.2) is 0 Å². The summed E-state index contributed by atoms with van der Waals surface area (Å²) in [4.78, 5) is 27.7. The average Bonchev–Trinajstić information content (AvgIpc) is 3.12. The molecule has 3 rings (SSSR count). The lowest BCUT2D eigenvalue weighted by molar-refractivity contribution is -0.142. The van der Waals surface area contributed by atoms with Gasteiger partial charge in [-0.1, -0.05) is 19.3 Å². The summed E-state index contributed by atoms with van der Waals surface area (Å²) in [6, 6.07) is -0.681. The molecule has 0 radical (unpaired) electrons. The molecule has 2 amide bonds. The summed E-state index contributed by atoms with van der Waals surface area (Å²) in [7, 11) is 1.83. The number of aliphatic carboxylic acids is 1. The third-order valence-electron chi connectivity index (χ3n) is 5.72. The van der Waals surface area contributed by atoms with Crippen LogP contribution in [0.15, 0.2) is 0 Å². The van der Waals surface area contributed by atoms with Crippen LogP contribution in [0.1, 0.15) is 44.9 Å². The van der Waals surface area contributed by atoms with Gasteiger partial charge in [0, 0.05) is 20.1 Å². The molecule has 21 heavy (non-hydrogen) atoms. The molecule has 3 fully saturated rings. The quantitative estimate of drug-likeness (QED) is 0.869. The highest BCUT2D eigenvalue weighted by Crippen LogP contribution is 2.42. The van der Waals surface area contributed by atoms with Gasteiger partial charge >= 0.3 is 12.0 Å². The monoisotopic (exact) mass is 294 g/mol. The molecule has 3 aliphatic rings. The van der Waals surface area contributed by atoms with Crippen molar-refractivity contribution in [2.45, 2.75) is 51.0 Å². The van der Waals surface area contributed by atoms with Gasteiger partial charge in [-0.15, -0.1) is 0 Å². The fourth-order valence-electron chi connectivity index (χ4n) is 4.70. The number of hydrogen-bond acceptors (Lipinski definition) is 2. The summed E-state index contributed by atoms with van der Waals surface area (Å²) in [5, 5.41) is 9.53. The van der Waals surface area contributed by atoms with Crippen LogP contribution in [-0.2, 0) is 4.79 Å². The Kier molecular flexibility index (Phi) is 4.09. The van der Waals surface area contributed by atoms with Crippen molar-refractivity contribution in [3.63, 3.8) is 0 Å². The van der Waals surface area contributed by atoms with E-state index in [0.29, 0.717) is 18.4 Å². The van der Waals surface area contributed by atoms with Crippen LogP contribution in [0.25, 0.3) is 0 Å². The van der Waals surface area contributed by atoms with Crippen LogP contribution in [0, 0.1) is 17.8 Å². The predicted octanol–water partition coefficient (Wildman–Crippen LogP) is 2.41. The second kappa shape index (κ2) is 5.85. The summed E-state index contributed by atoms with van der Waals surface area (Å²) in [6.45, 7) is 1.41. The number of carboxylic acid groups (broad SMARTS) is 1. The van der Waals surface area contributed by atoms with Gasteiger partial charge in [-0.05, 0) is 43.4 Å². The largest absolute Gasteiger partial charge is 0.480 e. The molecule has 2 aliphatic carbocycles. The molecule has 3 unspecified atom stereocenters. The van der Waals surface area contributed by atoms with Crippen LogP contribution in [0.3, 0.4) is 0 Å². The first-order chi connectivity index (χ1) is 10.1. The van der Waals surface area contributed by atoms with Crippen molar-refractivity contribution < 1.29 is 14.7 Å². The number of likely N-dealkylation sites (tertiary alicyclic amines) is 1. The summed E-state index contributed by atoms with van der Waals surface area (Å²) in [5.41, 5.74) is 0. The molecular formula is C16H26N2O3. The zero-order valence-electron chi connectivity index (χ0n) is 12.8. The first-order valence-corrected chi connectivity index (χ1v) is 8.32. The Hall–Kier alpha value is -1.26. The molecule has 2 saturated carbocycles. The second-order valence-electron chi connectivity index (χ2n) is 7.10. The van der Waals surface area contributed by atoms with E-state index in [2.05, 4.69) is 0 Å². The van der Waals surface area contributed by atoms with Gasteiger partial charge in [0.1, 0.15) is 6.04 Å². The maximum Gasteiger partial charge on any atom is 0.326 e. The van der Waals surface area contributed by atoms with E-state index in [9.17, 15) is 14.7 Å². The van der Waals surface area contributed by atoms with Crippen molar-refractivity contribution in [3.05, 3.63) is 0 Å². The lowest BCUT2D eigenvalue weighted by Crippen LogP contribution is -2.49. The van der Waals surface area contributed by atoms with Crippen LogP contribution < -0.4 is 0 Å². The van der Waals surface area contributed by atoms with E-state index in [1.165, 1.54) is 25.7 Å². The van der Waals surface area contributed by atoms with Crippen molar-refractivity contribution >= 4 is 12.0 Å². The van der Waals surface area contributed by atoms with E-state index in [1.54, 1.807) is 9.80 Å². The zero-order chi connectivity index (χ0) is 15.0. The van der Waals surface area contributed by atoms with Crippen LogP contribution in [0.5, 0.6) is 0 Å². The van der Waals surface area contributed by atoms with Crippen molar-refractivity contribution in [1.29, 1.82) is 0 Å². The Balaban J connectivity index is 1.66. The molecule has 1 saturated heterocycles. The van der Waals surface area contributed by atoms with Gasteiger partial charge in [-0.3, -0.25) is 0 Å². The molecule has 0 spiro atoms. The molecule has 0 aromatic carbocycles. The third-order valence-corrected chi connectivity index (χ3v) is 5.72. The van der Waals surface area contributed by atoms with Gasteiger partial charge in [0.05, 0.1) is 0 Å². The first-order valence-electron chi connectivity index (χ1n) is 8.32. The minimum atomic E-state index is -0.827. The fraction of sp³-hybridized carbons (Fsp3) is 0.875. The zero-order valence-corrected chi connectivity index (χ0v) is 12.8. The van der Waals surface area contributed by atoms with Crippen LogP contribution >= 0.6 is 0 Å². The number of urea groups is 1. The molecule has 1 aliphatic heterocycles. The minimum absolute atomic E-state index is 0.0799. The summed E-state index contributed by atoms with van der Waals surface area (Å²) in [5.74, 6) is 0.345. The summed E-state index contributed by atoms with van der Waals surface area (Å²) >= 11 is 0. The number of carbonyl (C=O) groups excluding carboxylic acids is 1. The number of hydrogen-bond donors (Lipinski definition) is 1. The molecule has 3 atom stereocenters. The summed E-state index contributed by atoms with van der Waals surface area (Å²) < 4.78 is 0. The van der Waals surface area contributed by atoms with Gasteiger partial charge in [-0.2, -0.15) is 0 Å². The molecule has 118 valence electrons. The Bertz CT molecular complexity index is 420. The second-order valence-corrected chi connectivity index (χ2v) is 7.10. The fourth-order valence-corrected chi connectivity index (χ4v) is 4.70. The van der Waals surface area contributed by atoms with E-state index in [1.807, 2.05) is 7.05 Å². The van der Waals surface area contributed by atoms with Crippen LogP contribution in [-0.4, -0.2) is 53.1 Å². The summed E-state index contributed by atoms with van der Waals surface area (Å²) in [6.07, 6.45) is 8.06. The predicted molar refractivity (Wildman–Crippen MR) is 78.9 cm³/mol. The van der Waals surface area contributed by atoms with Gasteiger partial charge in [0.25, 0.3) is 0 Å². The number of carboxylic acids is 1. The number of carbonyl (C=O) groups is 2. The topological polar surface area (TPSA) is 60.9 Å². The van der Waals surface area contributed by atoms with E-state index in [4.69, 9.17) is 0 Å². The van der Waals surface area contributed by atoms with Crippen molar-refractivity contribution in [1.82, 2.24) is 9.80 Å². The number of rotatable bonds is 3. The van der Waals surface area contributed by atoms with Crippen molar-refractivity contribution in [2.75, 3.05) is 20.1 Å². The van der Waals surface area contributed by atoms with E-state index < -0.39 is 12.0 Å². The molecule has 1 heterocycles. The maximum atomic E-state index is 12.7. The molecule has 5 heteroatoms. The Morgan fingerprint density at radius 2 is 1.86 bits per heavy atom. The Morgan fingerprint density at radius 3 is 2.52 bits per heavy atom. The minimum Gasteiger partial charge on any atom is -0.480 e. The van der Waals surface area contributed by atoms with E-state index in [0.717, 1.165) is 25.8 Å². The van der Waals surface area contributed by atoms with Gasteiger partial charge < -0.3 is 14.9 Å². The van der Waals surface area contributed by atoms with E-state index >= 15 is 0 Å². The average molecular weight is 294 g/mol. The van der Waals surface area contributed by atoms with Crippen LogP contribution in [0.2, 0.25) is 0 Å². The molecule has 0 aromatic rings. The highest BCUT2D eigenvalue weighted by atomic mass is 16.4. The lowest BCUT2D eigenvalue weighted by Gasteiger charge is -2.30. The highest BCUT2D eigenvalue weighted by Gasteiger charge is 2.50. The maximum absolute atomic E-state index is 12.7. The molecule has 0 bridgehead atoms. The van der Waals surface area contributed by atoms with E-state index in [-0.39, 0.29) is 11.9 Å². The Labute approximate surface area is 126 Å². The highest BCUT2D eigenvalue weighted by molar-refractivity contribution is 5.83. The standard InChI is InChI=1S/C16H26N2O3/c1-17(9-11-5-2-3-6-11)16(21)18-10-12-7-4-8-13(12)14(18)15(19)20/h11-14H,2-10H2,1H3,(H,19,20). The van der Waals surface area contributed by atoms with Gasteiger partial charge in [-0.25, -0.2) is 9.59 Å². The molecular weight excluding hydrogens is 268 g/mol. The smallest absolute Gasteiger partial charge is 0.326 e. The third kappa shape index (κ3) is 2.74.